The third kappa shape index (κ3) is 8.21. The van der Waals surface area contributed by atoms with Crippen LogP contribution in [0.1, 0.15) is 58.8 Å². The van der Waals surface area contributed by atoms with Crippen molar-refractivity contribution in [1.29, 1.82) is 0 Å². The number of amides is 1. The molecule has 0 aliphatic carbocycles. The monoisotopic (exact) mass is 781 g/mol. The van der Waals surface area contributed by atoms with Gasteiger partial charge in [0, 0.05) is 48.6 Å². The molecule has 17 heteroatoms. The first-order valence-electron chi connectivity index (χ1n) is 17.0. The van der Waals surface area contributed by atoms with Gasteiger partial charge in [-0.2, -0.15) is 26.3 Å². The van der Waals surface area contributed by atoms with Gasteiger partial charge in [0.25, 0.3) is 5.56 Å². The van der Waals surface area contributed by atoms with Gasteiger partial charge < -0.3 is 14.8 Å². The topological polar surface area (TPSA) is 89.9 Å². The molecule has 2 aliphatic rings. The van der Waals surface area contributed by atoms with Crippen LogP contribution in [0.25, 0.3) is 11.1 Å². The molecule has 8 nitrogen and oxygen atoms in total. The minimum absolute atomic E-state index is 0.0310. The van der Waals surface area contributed by atoms with Gasteiger partial charge in [0.15, 0.2) is 0 Å². The summed E-state index contributed by atoms with van der Waals surface area (Å²) in [5.41, 5.74) is -6.62. The smallest absolute Gasteiger partial charge is 0.417 e. The molecular formula is C38H32F9N3O5. The Bertz CT molecular complexity index is 2200. The molecular weight excluding hydrogens is 749 g/mol. The Labute approximate surface area is 307 Å². The second-order valence-corrected chi connectivity index (χ2v) is 13.2. The summed E-state index contributed by atoms with van der Waals surface area (Å²) in [5, 5.41) is 2.40. The van der Waals surface area contributed by atoms with Crippen molar-refractivity contribution in [1.82, 2.24) is 14.8 Å². The van der Waals surface area contributed by atoms with Crippen LogP contribution in [0.5, 0.6) is 11.5 Å². The number of aromatic nitrogens is 1. The standard InChI is InChI=1S/C38H32F9N3O5/c1-3-54-32(52)15-29-25-12-21(11-19(2)34(25)41)33-26(37(42,43)44)5-4-6-30(33)55-23-7-8-28(40)24(13-23)35(36(53)48-29)50-16-20(9-10-49-17-22(39)18-49)27(14-31(50)51)38(45,46)47/h4-8,11-14,16,22,29,35H,3,9-10,15,17-18H2,1-2H3,(H,48,53)/t29-,35+/m0/s1. The first kappa shape index (κ1) is 39.4. The zero-order valence-corrected chi connectivity index (χ0v) is 29.1. The Morgan fingerprint density at radius 2 is 1.65 bits per heavy atom. The predicted octanol–water partition coefficient (Wildman–Crippen LogP) is 7.84. The van der Waals surface area contributed by atoms with Crippen LogP contribution < -0.4 is 15.6 Å². The number of benzene rings is 3. The minimum atomic E-state index is -5.05. The van der Waals surface area contributed by atoms with E-state index in [0.29, 0.717) is 4.57 Å². The zero-order valence-electron chi connectivity index (χ0n) is 29.1. The highest BCUT2D eigenvalue weighted by molar-refractivity contribution is 5.85. The molecule has 0 saturated carbocycles. The molecule has 3 aromatic carbocycles. The molecule has 3 heterocycles. The van der Waals surface area contributed by atoms with E-state index in [1.165, 1.54) is 24.8 Å². The fourth-order valence-electron chi connectivity index (χ4n) is 6.78. The number of ether oxygens (including phenoxy) is 2. The lowest BCUT2D eigenvalue weighted by Gasteiger charge is -2.34. The van der Waals surface area contributed by atoms with Gasteiger partial charge in [-0.15, -0.1) is 0 Å². The number of hydrogen-bond acceptors (Lipinski definition) is 6. The molecule has 1 aromatic heterocycles. The largest absolute Gasteiger partial charge is 0.466 e. The van der Waals surface area contributed by atoms with Crippen molar-refractivity contribution in [2.75, 3.05) is 26.2 Å². The molecule has 2 aliphatic heterocycles. The van der Waals surface area contributed by atoms with Gasteiger partial charge in [-0.1, -0.05) is 6.07 Å². The maximum atomic E-state index is 16.1. The molecule has 1 fully saturated rings. The van der Waals surface area contributed by atoms with Crippen molar-refractivity contribution in [2.45, 2.75) is 57.3 Å². The van der Waals surface area contributed by atoms with Gasteiger partial charge in [-0.3, -0.25) is 23.9 Å². The van der Waals surface area contributed by atoms with Gasteiger partial charge >= 0.3 is 18.3 Å². The lowest BCUT2D eigenvalue weighted by Crippen LogP contribution is -2.49. The van der Waals surface area contributed by atoms with E-state index in [0.717, 1.165) is 48.7 Å². The van der Waals surface area contributed by atoms with Gasteiger partial charge in [-0.25, -0.2) is 13.2 Å². The number of rotatable bonds is 7. The molecule has 1 saturated heterocycles. The van der Waals surface area contributed by atoms with Crippen molar-refractivity contribution >= 4 is 11.9 Å². The highest BCUT2D eigenvalue weighted by atomic mass is 19.4. The second kappa shape index (κ2) is 15.1. The van der Waals surface area contributed by atoms with Crippen LogP contribution in [0.3, 0.4) is 0 Å². The van der Waals surface area contributed by atoms with Crippen LogP contribution in [0.4, 0.5) is 39.5 Å². The van der Waals surface area contributed by atoms with Gasteiger partial charge in [0.05, 0.1) is 30.2 Å². The van der Waals surface area contributed by atoms with Crippen molar-refractivity contribution in [3.63, 3.8) is 0 Å². The Balaban J connectivity index is 1.61. The quantitative estimate of drug-likeness (QED) is 0.152. The summed E-state index contributed by atoms with van der Waals surface area (Å²) in [7, 11) is 0. The first-order chi connectivity index (χ1) is 25.8. The number of aryl methyl sites for hydroxylation is 1. The first-order valence-corrected chi connectivity index (χ1v) is 17.0. The Morgan fingerprint density at radius 3 is 2.31 bits per heavy atom. The number of esters is 1. The molecule has 1 N–H and O–H groups in total. The van der Waals surface area contributed by atoms with E-state index >= 15 is 8.78 Å². The number of nitrogens with one attached hydrogen (secondary N) is 1. The molecule has 4 aromatic rings. The summed E-state index contributed by atoms with van der Waals surface area (Å²) < 4.78 is 143. The van der Waals surface area contributed by atoms with Gasteiger partial charge in [0.2, 0.25) is 5.91 Å². The Kier molecular flexibility index (Phi) is 10.8. The molecule has 0 unspecified atom stereocenters. The Morgan fingerprint density at radius 1 is 0.945 bits per heavy atom. The number of carbonyl (C=O) groups is 2. The van der Waals surface area contributed by atoms with E-state index in [2.05, 4.69) is 5.32 Å². The number of alkyl halides is 7. The summed E-state index contributed by atoms with van der Waals surface area (Å²) in [6.45, 7) is 2.41. The van der Waals surface area contributed by atoms with E-state index in [1.807, 2.05) is 0 Å². The van der Waals surface area contributed by atoms with E-state index in [9.17, 15) is 45.1 Å². The highest BCUT2D eigenvalue weighted by Crippen LogP contribution is 2.45. The van der Waals surface area contributed by atoms with Crippen LogP contribution in [0.15, 0.2) is 65.6 Å². The fraction of sp³-hybridized carbons (Fsp3) is 0.342. The third-order valence-electron chi connectivity index (χ3n) is 9.37. The van der Waals surface area contributed by atoms with Crippen LogP contribution >= 0.6 is 0 Å². The van der Waals surface area contributed by atoms with Crippen molar-refractivity contribution in [3.8, 4) is 22.6 Å². The molecule has 55 heavy (non-hydrogen) atoms. The summed E-state index contributed by atoms with van der Waals surface area (Å²) in [6.07, 6.45) is -11.6. The summed E-state index contributed by atoms with van der Waals surface area (Å²) in [4.78, 5) is 42.4. The maximum Gasteiger partial charge on any atom is 0.417 e. The molecule has 0 spiro atoms. The lowest BCUT2D eigenvalue weighted by atomic mass is 9.91. The molecule has 6 rings (SSSR count). The van der Waals surface area contributed by atoms with E-state index < -0.39 is 105 Å². The van der Waals surface area contributed by atoms with E-state index in [4.69, 9.17) is 9.47 Å². The number of nitrogens with zero attached hydrogens (tertiary/aromatic N) is 2. The molecule has 2 atom stereocenters. The fourth-order valence-corrected chi connectivity index (χ4v) is 6.78. The summed E-state index contributed by atoms with van der Waals surface area (Å²) in [6, 6.07) is 4.09. The number of carbonyl (C=O) groups excluding carboxylic acids is 2. The molecule has 0 radical (unpaired) electrons. The van der Waals surface area contributed by atoms with Crippen LogP contribution in [-0.2, 0) is 33.1 Å². The van der Waals surface area contributed by atoms with E-state index in [1.54, 1.807) is 0 Å². The lowest BCUT2D eigenvalue weighted by molar-refractivity contribution is -0.144. The zero-order chi connectivity index (χ0) is 40.0. The molecule has 292 valence electrons. The SMILES string of the molecule is CCOC(=O)C[C@@H]1NC(=O)[C@H](n2cc(CCN3CC(F)C3)c(C(F)(F)F)cc2=O)c2cc(ccc2F)Oc2cccc(C(F)(F)F)c2-c2cc(C)c(F)c1c2. The summed E-state index contributed by atoms with van der Waals surface area (Å²) >= 11 is 0. The van der Waals surface area contributed by atoms with Crippen molar-refractivity contribution in [2.24, 2.45) is 0 Å². The van der Waals surface area contributed by atoms with Crippen LogP contribution in [0, 0.1) is 18.6 Å². The van der Waals surface area contributed by atoms with Crippen LogP contribution in [0.2, 0.25) is 0 Å². The van der Waals surface area contributed by atoms with Gasteiger partial charge in [0.1, 0.15) is 35.3 Å². The number of fused-ring (bicyclic) bond motifs is 6. The van der Waals surface area contributed by atoms with E-state index in [-0.39, 0.29) is 55.6 Å². The normalized spacial score (nSPS) is 17.8. The van der Waals surface area contributed by atoms with Crippen molar-refractivity contribution in [3.05, 3.63) is 116 Å². The molecule has 4 bridgehead atoms. The van der Waals surface area contributed by atoms with Crippen molar-refractivity contribution < 1.29 is 58.6 Å². The predicted molar refractivity (Wildman–Crippen MR) is 179 cm³/mol. The average Bonchev–Trinajstić information content (AvgIpc) is 3.08. The number of likely N-dealkylation sites (tertiary alicyclic amines) is 1. The minimum Gasteiger partial charge on any atom is -0.466 e. The summed E-state index contributed by atoms with van der Waals surface area (Å²) in [5.74, 6) is -5.29. The molecule has 1 amide bonds. The second-order valence-electron chi connectivity index (χ2n) is 13.2. The number of hydrogen-bond donors (Lipinski definition) is 1. The number of halogens is 9. The third-order valence-corrected chi connectivity index (χ3v) is 9.37. The van der Waals surface area contributed by atoms with Gasteiger partial charge in [-0.05, 0) is 79.4 Å². The van der Waals surface area contributed by atoms with Crippen LogP contribution in [-0.4, -0.2) is 53.8 Å². The Hall–Kier alpha value is -5.32. The maximum absolute atomic E-state index is 16.1. The number of pyridine rings is 1. The highest BCUT2D eigenvalue weighted by Gasteiger charge is 2.39. The average molecular weight is 782 g/mol.